The lowest BCUT2D eigenvalue weighted by atomic mass is 9.87. The zero-order chi connectivity index (χ0) is 9.97. The third kappa shape index (κ3) is 1.51. The molecule has 0 saturated heterocycles. The van der Waals surface area contributed by atoms with Gasteiger partial charge in [0, 0.05) is 5.39 Å². The Labute approximate surface area is 79.5 Å². The molecule has 0 aliphatic rings. The summed E-state index contributed by atoms with van der Waals surface area (Å²) in [7, 11) is -1.32. The number of furan rings is 1. The first-order chi connectivity index (χ1) is 6.85. The van der Waals surface area contributed by atoms with Crippen molar-refractivity contribution in [3.63, 3.8) is 0 Å². The highest BCUT2D eigenvalue weighted by Gasteiger charge is 2.26. The molecule has 0 radical (unpaired) electrons. The fraction of sp³-hybridized carbons (Fsp3) is 0. The highest BCUT2D eigenvalue weighted by Crippen LogP contribution is 2.13. The molecule has 0 aliphatic carbocycles. The van der Waals surface area contributed by atoms with Gasteiger partial charge in [-0.15, -0.1) is 0 Å². The molecule has 5 nitrogen and oxygen atoms in total. The molecule has 0 fully saturated rings. The highest BCUT2D eigenvalue weighted by atomic mass is 17.2. The summed E-state index contributed by atoms with van der Waals surface area (Å²) in [5, 5.41) is 17.6. The molecule has 2 N–H and O–H groups in total. The van der Waals surface area contributed by atoms with E-state index in [9.17, 15) is 0 Å². The first kappa shape index (κ1) is 9.23. The van der Waals surface area contributed by atoms with Gasteiger partial charge in [0.15, 0.2) is 0 Å². The van der Waals surface area contributed by atoms with Crippen molar-refractivity contribution in [1.82, 2.24) is 0 Å². The molecule has 72 valence electrons. The van der Waals surface area contributed by atoms with E-state index in [0.29, 0.717) is 5.58 Å². The third-order valence-corrected chi connectivity index (χ3v) is 1.87. The fourth-order valence-electron chi connectivity index (χ4n) is 1.24. The van der Waals surface area contributed by atoms with Crippen LogP contribution in [0.1, 0.15) is 0 Å². The highest BCUT2D eigenvalue weighted by molar-refractivity contribution is 6.59. The van der Waals surface area contributed by atoms with Gasteiger partial charge in [-0.25, -0.2) is 0 Å². The Bertz CT molecular complexity index is 389. The van der Waals surface area contributed by atoms with Gasteiger partial charge in [0.25, 0.3) is 0 Å². The molecule has 1 aromatic carbocycles. The van der Waals surface area contributed by atoms with E-state index in [4.69, 9.17) is 14.9 Å². The van der Waals surface area contributed by atoms with Crippen molar-refractivity contribution in [2.24, 2.45) is 0 Å². The van der Waals surface area contributed by atoms with Gasteiger partial charge in [-0.05, 0) is 12.1 Å². The van der Waals surface area contributed by atoms with Crippen molar-refractivity contribution >= 4 is 23.7 Å². The molecule has 6 heteroatoms. The van der Waals surface area contributed by atoms with Gasteiger partial charge < -0.3 is 4.42 Å². The largest absolute Gasteiger partial charge is 0.588 e. The SMILES string of the molecule is OOB(OO)c1cc2ccccc2o1. The third-order valence-electron chi connectivity index (χ3n) is 1.87. The van der Waals surface area contributed by atoms with Crippen LogP contribution in [0.2, 0.25) is 0 Å². The minimum absolute atomic E-state index is 0.191. The standard InChI is InChI=1S/C8H7BO5/c10-13-9(14-11)8-5-6-3-1-2-4-7(6)12-8/h1-5,10-11H. The van der Waals surface area contributed by atoms with Crippen LogP contribution in [0.4, 0.5) is 0 Å². The number of benzene rings is 1. The lowest BCUT2D eigenvalue weighted by Gasteiger charge is -1.99. The molecule has 1 aromatic heterocycles. The molecule has 0 saturated carbocycles. The van der Waals surface area contributed by atoms with Crippen molar-refractivity contribution in [3.8, 4) is 0 Å². The first-order valence-electron chi connectivity index (χ1n) is 3.94. The van der Waals surface area contributed by atoms with Crippen LogP contribution in [0.5, 0.6) is 0 Å². The molecule has 0 atom stereocenters. The number of rotatable bonds is 3. The van der Waals surface area contributed by atoms with Gasteiger partial charge in [-0.2, -0.15) is 0 Å². The Morgan fingerprint density at radius 2 is 1.86 bits per heavy atom. The first-order valence-corrected chi connectivity index (χ1v) is 3.94. The van der Waals surface area contributed by atoms with Crippen LogP contribution >= 0.6 is 0 Å². The van der Waals surface area contributed by atoms with Crippen molar-refractivity contribution in [3.05, 3.63) is 30.3 Å². The normalized spacial score (nSPS) is 10.7. The molecule has 1 heterocycles. The topological polar surface area (TPSA) is 72.1 Å². The van der Waals surface area contributed by atoms with Crippen molar-refractivity contribution in [1.29, 1.82) is 0 Å². The summed E-state index contributed by atoms with van der Waals surface area (Å²) in [4.78, 5) is 7.70. The zero-order valence-electron chi connectivity index (χ0n) is 7.08. The van der Waals surface area contributed by atoms with Crippen LogP contribution in [-0.4, -0.2) is 17.6 Å². The van der Waals surface area contributed by atoms with Crippen molar-refractivity contribution in [2.45, 2.75) is 0 Å². The van der Waals surface area contributed by atoms with Gasteiger partial charge >= 0.3 is 7.12 Å². The smallest absolute Gasteiger partial charge is 0.464 e. The van der Waals surface area contributed by atoms with Crippen LogP contribution in [0, 0.1) is 0 Å². The lowest BCUT2D eigenvalue weighted by Crippen LogP contribution is -2.33. The predicted molar refractivity (Wildman–Crippen MR) is 49.0 cm³/mol. The second-order valence-corrected chi connectivity index (χ2v) is 2.73. The predicted octanol–water partition coefficient (Wildman–Crippen LogP) is 1.11. The molecule has 0 amide bonds. The summed E-state index contributed by atoms with van der Waals surface area (Å²) in [6, 6.07) is 8.84. The summed E-state index contributed by atoms with van der Waals surface area (Å²) in [5.41, 5.74) is 0.817. The van der Waals surface area contributed by atoms with E-state index in [2.05, 4.69) is 9.61 Å². The Morgan fingerprint density at radius 3 is 2.50 bits per heavy atom. The quantitative estimate of drug-likeness (QED) is 0.434. The number of hydrogen-bond donors (Lipinski definition) is 2. The Kier molecular flexibility index (Phi) is 2.51. The second-order valence-electron chi connectivity index (χ2n) is 2.73. The molecular formula is C8H7BO5. The Morgan fingerprint density at radius 1 is 1.14 bits per heavy atom. The average molecular weight is 194 g/mol. The van der Waals surface area contributed by atoms with Gasteiger partial charge in [-0.1, -0.05) is 18.2 Å². The summed E-state index contributed by atoms with van der Waals surface area (Å²) in [6.45, 7) is 0. The van der Waals surface area contributed by atoms with E-state index in [-0.39, 0.29) is 5.66 Å². The van der Waals surface area contributed by atoms with Crippen LogP contribution in [0.15, 0.2) is 34.7 Å². The van der Waals surface area contributed by atoms with Crippen LogP contribution < -0.4 is 5.66 Å². The average Bonchev–Trinajstić information content (AvgIpc) is 2.63. The molecule has 14 heavy (non-hydrogen) atoms. The minimum Gasteiger partial charge on any atom is -0.464 e. The molecule has 2 aromatic rings. The zero-order valence-corrected chi connectivity index (χ0v) is 7.08. The summed E-state index contributed by atoms with van der Waals surface area (Å²) < 4.78 is 5.24. The Hall–Kier alpha value is -1.34. The van der Waals surface area contributed by atoms with E-state index in [1.807, 2.05) is 18.2 Å². The number of fused-ring (bicyclic) bond motifs is 1. The second kappa shape index (κ2) is 3.81. The fourth-order valence-corrected chi connectivity index (χ4v) is 1.24. The van der Waals surface area contributed by atoms with E-state index in [0.717, 1.165) is 5.39 Å². The van der Waals surface area contributed by atoms with Crippen LogP contribution in [0.3, 0.4) is 0 Å². The van der Waals surface area contributed by atoms with Crippen molar-refractivity contribution in [2.75, 3.05) is 0 Å². The maximum atomic E-state index is 8.36. The monoisotopic (exact) mass is 194 g/mol. The van der Waals surface area contributed by atoms with Gasteiger partial charge in [0.05, 0.1) is 0 Å². The summed E-state index contributed by atoms with van der Waals surface area (Å²) >= 11 is 0. The molecule has 0 bridgehead atoms. The lowest BCUT2D eigenvalue weighted by molar-refractivity contribution is -0.222. The van der Waals surface area contributed by atoms with Crippen LogP contribution in [0.25, 0.3) is 11.0 Å². The minimum atomic E-state index is -1.32. The summed E-state index contributed by atoms with van der Waals surface area (Å²) in [5.74, 6) is 0. The number of hydrogen-bond acceptors (Lipinski definition) is 5. The van der Waals surface area contributed by atoms with E-state index >= 15 is 0 Å². The maximum absolute atomic E-state index is 8.36. The Balaban J connectivity index is 2.43. The van der Waals surface area contributed by atoms with Gasteiger partial charge in [0.1, 0.15) is 11.2 Å². The molecule has 0 spiro atoms. The van der Waals surface area contributed by atoms with Crippen LogP contribution in [-0.2, 0) is 9.61 Å². The van der Waals surface area contributed by atoms with E-state index < -0.39 is 7.12 Å². The summed E-state index contributed by atoms with van der Waals surface area (Å²) in [6.07, 6.45) is 0. The number of para-hydroxylation sites is 1. The molecule has 2 rings (SSSR count). The molecule has 0 unspecified atom stereocenters. The maximum Gasteiger partial charge on any atom is 0.588 e. The van der Waals surface area contributed by atoms with Crippen molar-refractivity contribution < 1.29 is 24.5 Å². The molecule has 0 aliphatic heterocycles. The van der Waals surface area contributed by atoms with Gasteiger partial charge in [0.2, 0.25) is 0 Å². The molecular weight excluding hydrogens is 187 g/mol. The van der Waals surface area contributed by atoms with E-state index in [1.54, 1.807) is 12.1 Å². The van der Waals surface area contributed by atoms with E-state index in [1.165, 1.54) is 0 Å². The van der Waals surface area contributed by atoms with Gasteiger partial charge in [-0.3, -0.25) is 20.1 Å².